The summed E-state index contributed by atoms with van der Waals surface area (Å²) in [6.07, 6.45) is 0. The van der Waals surface area contributed by atoms with Crippen molar-refractivity contribution in [3.8, 4) is 5.75 Å². The van der Waals surface area contributed by atoms with Gasteiger partial charge in [-0.3, -0.25) is 4.31 Å². The summed E-state index contributed by atoms with van der Waals surface area (Å²) in [6, 6.07) is 15.8. The third kappa shape index (κ3) is 5.01. The topological polar surface area (TPSA) is 96.8 Å². The Labute approximate surface area is 208 Å². The molecule has 7 nitrogen and oxygen atoms in total. The predicted molar refractivity (Wildman–Crippen MR) is 138 cm³/mol. The average molecular weight is 511 g/mol. The molecule has 0 aliphatic carbocycles. The smallest absolute Gasteiger partial charge is 0.335 e. The molecule has 0 spiro atoms. The number of hydrogen-bond acceptors (Lipinski definition) is 6. The summed E-state index contributed by atoms with van der Waals surface area (Å²) in [6.45, 7) is 7.36. The van der Waals surface area contributed by atoms with Crippen LogP contribution >= 0.6 is 11.3 Å². The summed E-state index contributed by atoms with van der Waals surface area (Å²) in [5.41, 5.74) is 2.86. The van der Waals surface area contributed by atoms with E-state index in [0.717, 1.165) is 33.2 Å². The van der Waals surface area contributed by atoms with Gasteiger partial charge in [0, 0.05) is 17.1 Å². The molecule has 35 heavy (non-hydrogen) atoms. The number of anilines is 1. The molecule has 0 aliphatic heterocycles. The van der Waals surface area contributed by atoms with E-state index < -0.39 is 22.0 Å². The highest BCUT2D eigenvalue weighted by atomic mass is 32.2. The lowest BCUT2D eigenvalue weighted by molar-refractivity contribution is 0.0696. The maximum absolute atomic E-state index is 13.7. The molecular weight excluding hydrogens is 484 g/mol. The number of thiazole rings is 1. The number of aromatic carboxylic acids is 1. The third-order valence-electron chi connectivity index (χ3n) is 5.58. The van der Waals surface area contributed by atoms with E-state index >= 15 is 0 Å². The standard InChI is InChI=1S/C26H26N2O5S2/c1-16(2)28(35(31,32)26-27-18(4)15-34-26)23-12-19-7-5-6-8-20(19)13-24(23)33-14-22-10-9-21(25(29)30)11-17(22)3/h5-13,15-16H,14H2,1-4H3,(H,29,30). The average Bonchev–Trinajstić information content (AvgIpc) is 3.25. The van der Waals surface area contributed by atoms with Gasteiger partial charge < -0.3 is 9.84 Å². The van der Waals surface area contributed by atoms with Crippen LogP contribution in [0.5, 0.6) is 5.75 Å². The van der Waals surface area contributed by atoms with E-state index in [1.54, 1.807) is 24.4 Å². The number of nitrogens with zero attached hydrogens (tertiary/aromatic N) is 2. The first-order valence-electron chi connectivity index (χ1n) is 11.0. The Morgan fingerprint density at radius 1 is 1.09 bits per heavy atom. The van der Waals surface area contributed by atoms with Crippen molar-refractivity contribution in [2.45, 2.75) is 44.7 Å². The molecule has 1 heterocycles. The van der Waals surface area contributed by atoms with E-state index in [2.05, 4.69) is 4.98 Å². The Hall–Kier alpha value is -3.43. The van der Waals surface area contributed by atoms with Crippen LogP contribution in [0.1, 0.15) is 41.0 Å². The van der Waals surface area contributed by atoms with Crippen molar-refractivity contribution in [3.05, 3.63) is 82.4 Å². The highest BCUT2D eigenvalue weighted by Gasteiger charge is 2.32. The van der Waals surface area contributed by atoms with E-state index in [-0.39, 0.29) is 16.5 Å². The minimum absolute atomic E-state index is 0.0305. The molecule has 3 aromatic carbocycles. The summed E-state index contributed by atoms with van der Waals surface area (Å²) < 4.78 is 34.9. The summed E-state index contributed by atoms with van der Waals surface area (Å²) in [7, 11) is -3.93. The van der Waals surface area contributed by atoms with Gasteiger partial charge in [-0.2, -0.15) is 8.42 Å². The highest BCUT2D eigenvalue weighted by Crippen LogP contribution is 2.38. The second-order valence-corrected chi connectivity index (χ2v) is 11.4. The molecule has 1 aromatic heterocycles. The zero-order valence-electron chi connectivity index (χ0n) is 19.8. The Morgan fingerprint density at radius 2 is 1.77 bits per heavy atom. The summed E-state index contributed by atoms with van der Waals surface area (Å²) >= 11 is 1.09. The fourth-order valence-corrected chi connectivity index (χ4v) is 6.64. The van der Waals surface area contributed by atoms with Crippen molar-refractivity contribution in [2.75, 3.05) is 4.31 Å². The minimum atomic E-state index is -3.93. The van der Waals surface area contributed by atoms with Gasteiger partial charge in [0.15, 0.2) is 0 Å². The van der Waals surface area contributed by atoms with Gasteiger partial charge >= 0.3 is 5.97 Å². The van der Waals surface area contributed by atoms with Crippen LogP contribution < -0.4 is 9.04 Å². The van der Waals surface area contributed by atoms with Gasteiger partial charge in [0.05, 0.1) is 11.3 Å². The normalized spacial score (nSPS) is 11.7. The second-order valence-electron chi connectivity index (χ2n) is 8.55. The number of aromatic nitrogens is 1. The Kier molecular flexibility index (Phi) is 6.82. The van der Waals surface area contributed by atoms with E-state index in [9.17, 15) is 18.3 Å². The molecule has 0 saturated heterocycles. The van der Waals surface area contributed by atoms with E-state index in [4.69, 9.17) is 4.74 Å². The van der Waals surface area contributed by atoms with Crippen molar-refractivity contribution in [3.63, 3.8) is 0 Å². The molecule has 0 saturated carbocycles. The maximum atomic E-state index is 13.7. The Bertz CT molecular complexity index is 1510. The van der Waals surface area contributed by atoms with Gasteiger partial charge in [-0.15, -0.1) is 11.3 Å². The number of ether oxygens (including phenoxy) is 1. The molecule has 1 N–H and O–H groups in total. The van der Waals surface area contributed by atoms with Crippen LogP contribution in [-0.4, -0.2) is 30.5 Å². The fourth-order valence-electron chi connectivity index (χ4n) is 3.86. The van der Waals surface area contributed by atoms with Crippen LogP contribution in [0, 0.1) is 13.8 Å². The molecule has 0 fully saturated rings. The molecule has 0 atom stereocenters. The Morgan fingerprint density at radius 3 is 2.34 bits per heavy atom. The Balaban J connectivity index is 1.80. The number of rotatable bonds is 8. The molecule has 4 aromatic rings. The van der Waals surface area contributed by atoms with Gasteiger partial charge in [0.1, 0.15) is 12.4 Å². The second kappa shape index (κ2) is 9.67. The van der Waals surface area contributed by atoms with Crippen LogP contribution in [0.25, 0.3) is 10.8 Å². The first-order chi connectivity index (χ1) is 16.6. The number of fused-ring (bicyclic) bond motifs is 1. The number of carboxylic acid groups (broad SMARTS) is 1. The van der Waals surface area contributed by atoms with Crippen LogP contribution in [-0.2, 0) is 16.6 Å². The van der Waals surface area contributed by atoms with Gasteiger partial charge in [-0.1, -0.05) is 30.3 Å². The van der Waals surface area contributed by atoms with Crippen LogP contribution in [0.3, 0.4) is 0 Å². The van der Waals surface area contributed by atoms with Gasteiger partial charge in [0.25, 0.3) is 10.0 Å². The molecule has 9 heteroatoms. The number of carbonyl (C=O) groups is 1. The molecule has 4 rings (SSSR count). The zero-order valence-corrected chi connectivity index (χ0v) is 21.5. The zero-order chi connectivity index (χ0) is 25.3. The number of carboxylic acids is 1. The van der Waals surface area contributed by atoms with Crippen molar-refractivity contribution in [1.29, 1.82) is 0 Å². The molecule has 0 amide bonds. The molecule has 0 aliphatic rings. The number of sulfonamides is 1. The number of hydrogen-bond donors (Lipinski definition) is 1. The quantitative estimate of drug-likeness (QED) is 0.322. The highest BCUT2D eigenvalue weighted by molar-refractivity contribution is 7.94. The number of aryl methyl sites for hydroxylation is 2. The van der Waals surface area contributed by atoms with Crippen LogP contribution in [0.4, 0.5) is 5.69 Å². The van der Waals surface area contributed by atoms with Crippen molar-refractivity contribution < 1.29 is 23.1 Å². The monoisotopic (exact) mass is 510 g/mol. The lowest BCUT2D eigenvalue weighted by atomic mass is 10.1. The summed E-state index contributed by atoms with van der Waals surface area (Å²) in [5.74, 6) is -0.580. The fraction of sp³-hybridized carbons (Fsp3) is 0.231. The molecule has 0 radical (unpaired) electrons. The van der Waals surface area contributed by atoms with E-state index in [1.165, 1.54) is 10.4 Å². The largest absolute Gasteiger partial charge is 0.487 e. The molecule has 0 bridgehead atoms. The van der Waals surface area contributed by atoms with E-state index in [0.29, 0.717) is 17.1 Å². The van der Waals surface area contributed by atoms with Crippen molar-refractivity contribution in [2.24, 2.45) is 0 Å². The lowest BCUT2D eigenvalue weighted by Gasteiger charge is -2.29. The SMILES string of the molecule is Cc1csc(S(=O)(=O)N(c2cc3ccccc3cc2OCc2ccc(C(=O)O)cc2C)C(C)C)n1. The van der Waals surface area contributed by atoms with Crippen molar-refractivity contribution >= 4 is 43.8 Å². The first kappa shape index (κ1) is 24.7. The number of benzene rings is 3. The summed E-state index contributed by atoms with van der Waals surface area (Å²) in [5, 5.41) is 12.7. The summed E-state index contributed by atoms with van der Waals surface area (Å²) in [4.78, 5) is 15.5. The van der Waals surface area contributed by atoms with Gasteiger partial charge in [-0.25, -0.2) is 9.78 Å². The lowest BCUT2D eigenvalue weighted by Crippen LogP contribution is -2.37. The molecule has 0 unspecified atom stereocenters. The van der Waals surface area contributed by atoms with Gasteiger partial charge in [0.2, 0.25) is 4.34 Å². The first-order valence-corrected chi connectivity index (χ1v) is 13.3. The van der Waals surface area contributed by atoms with E-state index in [1.807, 2.05) is 57.2 Å². The maximum Gasteiger partial charge on any atom is 0.335 e. The van der Waals surface area contributed by atoms with Crippen LogP contribution in [0.2, 0.25) is 0 Å². The third-order valence-corrected chi connectivity index (χ3v) is 8.93. The van der Waals surface area contributed by atoms with Crippen molar-refractivity contribution in [1.82, 2.24) is 4.98 Å². The van der Waals surface area contributed by atoms with Gasteiger partial charge in [-0.05, 0) is 73.9 Å². The van der Waals surface area contributed by atoms with Crippen LogP contribution in [0.15, 0.2) is 64.3 Å². The predicted octanol–water partition coefficient (Wildman–Crippen LogP) is 5.79. The molecule has 182 valence electrons. The molecular formula is C26H26N2O5S2. The minimum Gasteiger partial charge on any atom is -0.487 e.